The lowest BCUT2D eigenvalue weighted by molar-refractivity contribution is -0.148. The number of rotatable bonds is 8. The summed E-state index contributed by atoms with van der Waals surface area (Å²) in [7, 11) is 1.65. The Morgan fingerprint density at radius 1 is 1.50 bits per heavy atom. The van der Waals surface area contributed by atoms with Crippen molar-refractivity contribution in [3.05, 3.63) is 0 Å². The van der Waals surface area contributed by atoms with Gasteiger partial charge in [0.2, 0.25) is 5.91 Å². The summed E-state index contributed by atoms with van der Waals surface area (Å²) in [6.07, 6.45) is 0.939. The zero-order valence-corrected chi connectivity index (χ0v) is 12.0. The molecule has 5 heteroatoms. The molecule has 1 saturated heterocycles. The summed E-state index contributed by atoms with van der Waals surface area (Å²) >= 11 is 0. The summed E-state index contributed by atoms with van der Waals surface area (Å²) in [5.74, 6) is 0.0505. The van der Waals surface area contributed by atoms with Crippen LogP contribution in [0.1, 0.15) is 27.2 Å². The fourth-order valence-electron chi connectivity index (χ4n) is 1.90. The second-order valence-electron chi connectivity index (χ2n) is 5.18. The largest absolute Gasteiger partial charge is 0.383 e. The topological polar surface area (TPSA) is 50.8 Å². The van der Waals surface area contributed by atoms with E-state index in [1.54, 1.807) is 7.11 Å². The normalized spacial score (nSPS) is 19.1. The molecule has 1 rings (SSSR count). The lowest BCUT2D eigenvalue weighted by Gasteiger charge is -2.39. The van der Waals surface area contributed by atoms with Gasteiger partial charge < -0.3 is 19.7 Å². The summed E-state index contributed by atoms with van der Waals surface area (Å²) in [5, 5.41) is 3.15. The molecule has 0 radical (unpaired) electrons. The molecular weight excluding hydrogens is 232 g/mol. The summed E-state index contributed by atoms with van der Waals surface area (Å²) in [6, 6.07) is 0.226. The van der Waals surface area contributed by atoms with Crippen molar-refractivity contribution in [3.8, 4) is 0 Å². The Morgan fingerprint density at radius 2 is 2.17 bits per heavy atom. The quantitative estimate of drug-likeness (QED) is 0.694. The maximum Gasteiger partial charge on any atom is 0.248 e. The molecule has 1 aliphatic rings. The van der Waals surface area contributed by atoms with Crippen LogP contribution in [0.25, 0.3) is 0 Å². The summed E-state index contributed by atoms with van der Waals surface area (Å²) in [4.78, 5) is 14.0. The van der Waals surface area contributed by atoms with Gasteiger partial charge in [-0.25, -0.2) is 0 Å². The van der Waals surface area contributed by atoms with Crippen LogP contribution in [0.2, 0.25) is 0 Å². The van der Waals surface area contributed by atoms with Gasteiger partial charge in [-0.15, -0.1) is 0 Å². The molecule has 0 spiro atoms. The number of nitrogens with one attached hydrogen (secondary N) is 1. The van der Waals surface area contributed by atoms with E-state index in [-0.39, 0.29) is 24.2 Å². The van der Waals surface area contributed by atoms with E-state index < -0.39 is 0 Å². The number of carbonyl (C=O) groups excluding carboxylic acids is 1. The first-order chi connectivity index (χ1) is 8.52. The minimum Gasteiger partial charge on any atom is -0.383 e. The molecule has 1 N–H and O–H groups in total. The average Bonchev–Trinajstić information content (AvgIpc) is 2.34. The SMILES string of the molecule is CCC(C)N(CCOC)C(=O)COC1(C)CNC1. The molecule has 0 aromatic heterocycles. The lowest BCUT2D eigenvalue weighted by Crippen LogP contribution is -2.60. The molecule has 1 aliphatic heterocycles. The van der Waals surface area contributed by atoms with Crippen molar-refractivity contribution in [2.75, 3.05) is 40.0 Å². The van der Waals surface area contributed by atoms with Crippen LogP contribution >= 0.6 is 0 Å². The lowest BCUT2D eigenvalue weighted by atomic mass is 10.0. The third-order valence-electron chi connectivity index (χ3n) is 3.52. The standard InChI is InChI=1S/C13H26N2O3/c1-5-11(2)15(6-7-17-4)12(16)8-18-13(3)9-14-10-13/h11,14H,5-10H2,1-4H3. The van der Waals surface area contributed by atoms with Crippen LogP contribution in [0.3, 0.4) is 0 Å². The molecule has 0 bridgehead atoms. The maximum absolute atomic E-state index is 12.2. The summed E-state index contributed by atoms with van der Waals surface area (Å²) < 4.78 is 10.7. The first-order valence-electron chi connectivity index (χ1n) is 6.65. The molecule has 0 aromatic rings. The second-order valence-corrected chi connectivity index (χ2v) is 5.18. The van der Waals surface area contributed by atoms with Crippen LogP contribution < -0.4 is 5.32 Å². The molecule has 1 atom stereocenters. The minimum absolute atomic E-state index is 0.0505. The first-order valence-corrected chi connectivity index (χ1v) is 6.65. The van der Waals surface area contributed by atoms with E-state index >= 15 is 0 Å². The first kappa shape index (κ1) is 15.4. The Labute approximate surface area is 110 Å². The van der Waals surface area contributed by atoms with Crippen LogP contribution in [0.5, 0.6) is 0 Å². The highest BCUT2D eigenvalue weighted by Gasteiger charge is 2.33. The van der Waals surface area contributed by atoms with Gasteiger partial charge in [0.1, 0.15) is 6.61 Å². The Balaban J connectivity index is 2.42. The molecule has 0 saturated carbocycles. The van der Waals surface area contributed by atoms with Gasteiger partial charge >= 0.3 is 0 Å². The van der Waals surface area contributed by atoms with E-state index in [1.807, 2.05) is 11.8 Å². The van der Waals surface area contributed by atoms with E-state index in [2.05, 4.69) is 19.2 Å². The van der Waals surface area contributed by atoms with Gasteiger partial charge in [0.25, 0.3) is 0 Å². The maximum atomic E-state index is 12.2. The van der Waals surface area contributed by atoms with Gasteiger partial charge in [-0.3, -0.25) is 4.79 Å². The van der Waals surface area contributed by atoms with Gasteiger partial charge in [0.15, 0.2) is 0 Å². The Kier molecular flexibility index (Phi) is 6.05. The molecule has 1 unspecified atom stereocenters. The van der Waals surface area contributed by atoms with Crippen molar-refractivity contribution in [1.82, 2.24) is 10.2 Å². The molecule has 1 heterocycles. The van der Waals surface area contributed by atoms with E-state index in [0.29, 0.717) is 13.2 Å². The number of carbonyl (C=O) groups is 1. The Hall–Kier alpha value is -0.650. The summed E-state index contributed by atoms with van der Waals surface area (Å²) in [5.41, 5.74) is -0.169. The minimum atomic E-state index is -0.169. The molecule has 18 heavy (non-hydrogen) atoms. The van der Waals surface area contributed by atoms with Crippen LogP contribution in [-0.4, -0.2) is 62.4 Å². The molecule has 0 aliphatic carbocycles. The van der Waals surface area contributed by atoms with Crippen LogP contribution in [0.4, 0.5) is 0 Å². The molecule has 1 fully saturated rings. The monoisotopic (exact) mass is 258 g/mol. The Bertz CT molecular complexity index is 267. The van der Waals surface area contributed by atoms with E-state index in [4.69, 9.17) is 9.47 Å². The average molecular weight is 258 g/mol. The highest BCUT2D eigenvalue weighted by atomic mass is 16.5. The summed E-state index contributed by atoms with van der Waals surface area (Å²) in [6.45, 7) is 9.16. The van der Waals surface area contributed by atoms with Crippen molar-refractivity contribution in [2.24, 2.45) is 0 Å². The number of ether oxygens (including phenoxy) is 2. The van der Waals surface area contributed by atoms with Crippen molar-refractivity contribution >= 4 is 5.91 Å². The smallest absolute Gasteiger partial charge is 0.248 e. The highest BCUT2D eigenvalue weighted by Crippen LogP contribution is 2.15. The predicted octanol–water partition coefficient (Wildman–Crippen LogP) is 0.638. The number of amides is 1. The highest BCUT2D eigenvalue weighted by molar-refractivity contribution is 5.77. The van der Waals surface area contributed by atoms with Crippen LogP contribution in [0.15, 0.2) is 0 Å². The predicted molar refractivity (Wildman–Crippen MR) is 70.6 cm³/mol. The van der Waals surface area contributed by atoms with Crippen molar-refractivity contribution in [2.45, 2.75) is 38.8 Å². The fraction of sp³-hybridized carbons (Fsp3) is 0.923. The van der Waals surface area contributed by atoms with Crippen LogP contribution in [0, 0.1) is 0 Å². The van der Waals surface area contributed by atoms with Crippen molar-refractivity contribution < 1.29 is 14.3 Å². The zero-order valence-electron chi connectivity index (χ0n) is 12.0. The number of hydrogen-bond acceptors (Lipinski definition) is 4. The molecular formula is C13H26N2O3. The van der Waals surface area contributed by atoms with E-state index in [0.717, 1.165) is 19.5 Å². The van der Waals surface area contributed by atoms with Crippen molar-refractivity contribution in [1.29, 1.82) is 0 Å². The van der Waals surface area contributed by atoms with Gasteiger partial charge in [0, 0.05) is 32.8 Å². The second kappa shape index (κ2) is 7.07. The number of nitrogens with zero attached hydrogens (tertiary/aromatic N) is 1. The van der Waals surface area contributed by atoms with Gasteiger partial charge in [-0.2, -0.15) is 0 Å². The fourth-order valence-corrected chi connectivity index (χ4v) is 1.90. The molecule has 5 nitrogen and oxygen atoms in total. The molecule has 0 aromatic carbocycles. The Morgan fingerprint density at radius 3 is 2.61 bits per heavy atom. The van der Waals surface area contributed by atoms with E-state index in [1.165, 1.54) is 0 Å². The van der Waals surface area contributed by atoms with E-state index in [9.17, 15) is 4.79 Å². The third-order valence-corrected chi connectivity index (χ3v) is 3.52. The van der Waals surface area contributed by atoms with Crippen molar-refractivity contribution in [3.63, 3.8) is 0 Å². The molecule has 106 valence electrons. The van der Waals surface area contributed by atoms with Gasteiger partial charge in [-0.05, 0) is 20.3 Å². The number of methoxy groups -OCH3 is 1. The van der Waals surface area contributed by atoms with Gasteiger partial charge in [0.05, 0.1) is 12.2 Å². The number of hydrogen-bond donors (Lipinski definition) is 1. The molecule has 1 amide bonds. The third kappa shape index (κ3) is 4.23. The van der Waals surface area contributed by atoms with Gasteiger partial charge in [-0.1, -0.05) is 6.92 Å². The zero-order chi connectivity index (χ0) is 13.6. The van der Waals surface area contributed by atoms with Crippen LogP contribution in [-0.2, 0) is 14.3 Å².